The van der Waals surface area contributed by atoms with Gasteiger partial charge in [0, 0.05) is 12.8 Å². The predicted molar refractivity (Wildman–Crippen MR) is 129 cm³/mol. The molecule has 0 aromatic heterocycles. The van der Waals surface area contributed by atoms with Gasteiger partial charge in [-0.3, -0.25) is 10.1 Å². The van der Waals surface area contributed by atoms with Gasteiger partial charge in [-0.25, -0.2) is 4.89 Å². The fourth-order valence-electron chi connectivity index (χ4n) is 4.84. The van der Waals surface area contributed by atoms with Crippen LogP contribution in [0.3, 0.4) is 0 Å². The number of ether oxygens (including phenoxy) is 3. The largest absolute Gasteiger partial charge is 0.458 e. The van der Waals surface area contributed by atoms with Crippen molar-refractivity contribution in [3.8, 4) is 0 Å². The third-order valence-corrected chi connectivity index (χ3v) is 6.44. The Morgan fingerprint density at radius 1 is 1.26 bits per heavy atom. The summed E-state index contributed by atoms with van der Waals surface area (Å²) in [4.78, 5) is 15.9. The van der Waals surface area contributed by atoms with E-state index >= 15 is 0 Å². The van der Waals surface area contributed by atoms with Crippen LogP contribution in [0.2, 0.25) is 0 Å². The Morgan fingerprint density at radius 3 is 2.65 bits per heavy atom. The number of hydrogen-bond donors (Lipinski definition) is 2. The lowest BCUT2D eigenvalue weighted by Crippen LogP contribution is -2.49. The number of carbonyl (C=O) groups excluding carboxylic acids is 1. The molecule has 0 aromatic carbocycles. The highest BCUT2D eigenvalue weighted by Gasteiger charge is 2.46. The molecule has 2 heterocycles. The van der Waals surface area contributed by atoms with Crippen molar-refractivity contribution >= 4 is 5.97 Å². The van der Waals surface area contributed by atoms with Gasteiger partial charge in [0.15, 0.2) is 0 Å². The van der Waals surface area contributed by atoms with E-state index in [0.717, 1.165) is 28.7 Å². The molecule has 1 spiro atoms. The molecule has 0 unspecified atom stereocenters. The molecule has 188 valence electrons. The number of allylic oxidation sites excluding steroid dienone is 2. The number of esters is 1. The highest BCUT2D eigenvalue weighted by atomic mass is 17.1. The maximum absolute atomic E-state index is 11.5. The second kappa shape index (κ2) is 10.7. The van der Waals surface area contributed by atoms with Crippen molar-refractivity contribution < 1.29 is 34.3 Å². The highest BCUT2D eigenvalue weighted by Crippen LogP contribution is 2.43. The monoisotopic (exact) mass is 474 g/mol. The first-order chi connectivity index (χ1) is 16.0. The van der Waals surface area contributed by atoms with Crippen molar-refractivity contribution in [2.45, 2.75) is 90.5 Å². The second-order valence-corrected chi connectivity index (χ2v) is 10.2. The first kappa shape index (κ1) is 26.6. The molecular weight excluding hydrogens is 436 g/mol. The van der Waals surface area contributed by atoms with Gasteiger partial charge in [0.25, 0.3) is 0 Å². The summed E-state index contributed by atoms with van der Waals surface area (Å²) >= 11 is 0. The van der Waals surface area contributed by atoms with Gasteiger partial charge >= 0.3 is 5.97 Å². The van der Waals surface area contributed by atoms with Crippen LogP contribution in [-0.4, -0.2) is 52.6 Å². The minimum absolute atomic E-state index is 0.0825. The molecule has 5 atom stereocenters. The molecular formula is C27H38O7. The topological polar surface area (TPSA) is 94.5 Å². The van der Waals surface area contributed by atoms with Crippen molar-refractivity contribution in [3.05, 3.63) is 58.7 Å². The minimum Gasteiger partial charge on any atom is -0.458 e. The van der Waals surface area contributed by atoms with Crippen LogP contribution in [0.5, 0.6) is 0 Å². The van der Waals surface area contributed by atoms with Gasteiger partial charge in [-0.2, -0.15) is 0 Å². The van der Waals surface area contributed by atoms with E-state index in [1.54, 1.807) is 13.8 Å². The Balaban J connectivity index is 1.80. The van der Waals surface area contributed by atoms with Crippen LogP contribution < -0.4 is 0 Å². The molecule has 2 aliphatic heterocycles. The maximum atomic E-state index is 11.5. The van der Waals surface area contributed by atoms with Gasteiger partial charge in [0.1, 0.15) is 11.7 Å². The number of carbonyl (C=O) groups is 1. The van der Waals surface area contributed by atoms with Gasteiger partial charge in [0.2, 0.25) is 5.79 Å². The molecule has 0 aromatic rings. The molecule has 0 amide bonds. The average Bonchev–Trinajstić information content (AvgIpc) is 2.73. The summed E-state index contributed by atoms with van der Waals surface area (Å²) in [6, 6.07) is 0. The van der Waals surface area contributed by atoms with Crippen LogP contribution in [0.25, 0.3) is 0 Å². The third-order valence-electron chi connectivity index (χ3n) is 6.44. The number of aliphatic hydroxyl groups excluding tert-OH is 1. The Bertz CT molecular complexity index is 923. The molecule has 0 bridgehead atoms. The Hall–Kier alpha value is -2.03. The smallest absolute Gasteiger partial charge is 0.303 e. The van der Waals surface area contributed by atoms with Crippen molar-refractivity contribution in [2.24, 2.45) is 5.92 Å². The van der Waals surface area contributed by atoms with Crippen molar-refractivity contribution in [3.63, 3.8) is 0 Å². The summed E-state index contributed by atoms with van der Waals surface area (Å²) < 4.78 is 18.4. The fraction of sp³-hybridized carbons (Fsp3) is 0.593. The second-order valence-electron chi connectivity index (χ2n) is 10.2. The number of hydrogen-bond acceptors (Lipinski definition) is 7. The van der Waals surface area contributed by atoms with Crippen LogP contribution in [0.4, 0.5) is 0 Å². The van der Waals surface area contributed by atoms with Crippen LogP contribution in [0, 0.1) is 5.92 Å². The zero-order valence-electron chi connectivity index (χ0n) is 21.0. The molecule has 0 saturated heterocycles. The summed E-state index contributed by atoms with van der Waals surface area (Å²) in [5, 5.41) is 19.1. The standard InChI is InChI=1S/C27H38O7/c1-17(8-7-9-26(5,6)34-30)10-22-11-18(2)14-27(32-22)15-21(16-28)23-13-24(31-20(4)29)19(3)12-25(23)33-27/h7,9-10,12,14-15,22-25,28,30H,8,11,13,16H2,1-6H3/b9-7+,17-10+/t22-,23-,24+,25-,27+/m1/s1. The molecule has 0 fully saturated rings. The number of fused-ring (bicyclic) bond motifs is 1. The van der Waals surface area contributed by atoms with Gasteiger partial charge in [-0.05, 0) is 77.2 Å². The first-order valence-corrected chi connectivity index (χ1v) is 11.9. The molecule has 7 nitrogen and oxygen atoms in total. The molecule has 3 rings (SSSR count). The summed E-state index contributed by atoms with van der Waals surface area (Å²) in [5.74, 6) is -1.46. The predicted octanol–water partition coefficient (Wildman–Crippen LogP) is 4.79. The van der Waals surface area contributed by atoms with E-state index in [0.29, 0.717) is 12.8 Å². The molecule has 0 saturated carbocycles. The summed E-state index contributed by atoms with van der Waals surface area (Å²) in [5.41, 5.74) is 3.31. The third kappa shape index (κ3) is 6.55. The lowest BCUT2D eigenvalue weighted by atomic mass is 9.78. The Kier molecular flexibility index (Phi) is 8.37. The summed E-state index contributed by atoms with van der Waals surface area (Å²) in [6.45, 7) is 10.9. The highest BCUT2D eigenvalue weighted by molar-refractivity contribution is 5.66. The normalized spacial score (nSPS) is 32.2. The van der Waals surface area contributed by atoms with E-state index < -0.39 is 11.4 Å². The molecule has 0 radical (unpaired) electrons. The SMILES string of the molecule is CC(=O)O[C@H]1C[C@@H]2C(CO)=C[C@]3(C=C(C)C[C@@H](/C=C(\C)C/C=C/C(C)(C)OO)O3)O[C@@H]2C=C1C. The van der Waals surface area contributed by atoms with E-state index in [4.69, 9.17) is 19.5 Å². The number of rotatable bonds is 7. The average molecular weight is 475 g/mol. The van der Waals surface area contributed by atoms with Gasteiger partial charge in [0.05, 0.1) is 18.8 Å². The van der Waals surface area contributed by atoms with Crippen LogP contribution in [0.15, 0.2) is 58.7 Å². The van der Waals surface area contributed by atoms with E-state index in [2.05, 4.69) is 17.9 Å². The van der Waals surface area contributed by atoms with E-state index in [-0.39, 0.29) is 36.8 Å². The number of aliphatic hydroxyl groups is 1. The zero-order chi connectivity index (χ0) is 25.1. The first-order valence-electron chi connectivity index (χ1n) is 11.9. The summed E-state index contributed by atoms with van der Waals surface area (Å²) in [7, 11) is 0. The molecule has 1 aliphatic carbocycles. The minimum atomic E-state index is -1.06. The van der Waals surface area contributed by atoms with E-state index in [9.17, 15) is 9.90 Å². The van der Waals surface area contributed by atoms with Crippen LogP contribution in [0.1, 0.15) is 60.8 Å². The Morgan fingerprint density at radius 2 is 2.00 bits per heavy atom. The van der Waals surface area contributed by atoms with E-state index in [1.165, 1.54) is 6.92 Å². The lowest BCUT2D eigenvalue weighted by molar-refractivity contribution is -0.297. The van der Waals surface area contributed by atoms with Gasteiger partial charge in [-0.1, -0.05) is 35.5 Å². The van der Waals surface area contributed by atoms with Crippen LogP contribution >= 0.6 is 0 Å². The maximum Gasteiger partial charge on any atom is 0.303 e. The van der Waals surface area contributed by atoms with E-state index in [1.807, 2.05) is 44.2 Å². The van der Waals surface area contributed by atoms with Crippen LogP contribution in [-0.2, 0) is 23.9 Å². The lowest BCUT2D eigenvalue weighted by Gasteiger charge is -2.46. The Labute approximate surface area is 202 Å². The van der Waals surface area contributed by atoms with Gasteiger partial charge < -0.3 is 19.3 Å². The fourth-order valence-corrected chi connectivity index (χ4v) is 4.84. The zero-order valence-corrected chi connectivity index (χ0v) is 21.0. The molecule has 34 heavy (non-hydrogen) atoms. The van der Waals surface area contributed by atoms with Gasteiger partial charge in [-0.15, -0.1) is 0 Å². The summed E-state index contributed by atoms with van der Waals surface area (Å²) in [6.07, 6.45) is 13.0. The quantitative estimate of drug-likeness (QED) is 0.237. The van der Waals surface area contributed by atoms with Crippen molar-refractivity contribution in [1.82, 2.24) is 0 Å². The molecule has 2 N–H and O–H groups in total. The van der Waals surface area contributed by atoms with Crippen molar-refractivity contribution in [2.75, 3.05) is 6.61 Å². The molecule has 7 heteroatoms. The van der Waals surface area contributed by atoms with Crippen molar-refractivity contribution in [1.29, 1.82) is 0 Å². The molecule has 3 aliphatic rings.